The fourth-order valence-electron chi connectivity index (χ4n) is 2.51. The van der Waals surface area contributed by atoms with Gasteiger partial charge in [0.25, 0.3) is 0 Å². The highest BCUT2D eigenvalue weighted by Crippen LogP contribution is 2.24. The fraction of sp³-hybridized carbons (Fsp3) is 0.250. The first-order valence-electron chi connectivity index (χ1n) is 8.09. The van der Waals surface area contributed by atoms with E-state index in [2.05, 4.69) is 0 Å². The van der Waals surface area contributed by atoms with Crippen LogP contribution in [0.2, 0.25) is 0 Å². The Morgan fingerprint density at radius 2 is 1.54 bits per heavy atom. The number of benzene rings is 2. The zero-order chi connectivity index (χ0) is 19.3. The van der Waals surface area contributed by atoms with Crippen molar-refractivity contribution in [3.63, 3.8) is 0 Å². The molecular weight excluding hydrogens is 349 g/mol. The van der Waals surface area contributed by atoms with Gasteiger partial charge in [-0.15, -0.1) is 0 Å². The predicted octanol–water partition coefficient (Wildman–Crippen LogP) is 6.01. The van der Waals surface area contributed by atoms with Gasteiger partial charge < -0.3 is 0 Å². The van der Waals surface area contributed by atoms with Gasteiger partial charge in [0, 0.05) is 11.1 Å². The van der Waals surface area contributed by atoms with Gasteiger partial charge in [-0.1, -0.05) is 13.3 Å². The molecule has 0 radical (unpaired) electrons. The van der Waals surface area contributed by atoms with Crippen LogP contribution >= 0.6 is 0 Å². The Bertz CT molecular complexity index is 834. The SMILES string of the molecule is CCC/C=C(/F)c1cc(F)c(CCc2cc(F)c(C#N)c(F)c2)c(F)c1. The Morgan fingerprint density at radius 3 is 2.04 bits per heavy atom. The molecule has 0 amide bonds. The lowest BCUT2D eigenvalue weighted by Gasteiger charge is -2.09. The average molecular weight is 365 g/mol. The molecule has 136 valence electrons. The van der Waals surface area contributed by atoms with Gasteiger partial charge in [0.1, 0.15) is 40.7 Å². The van der Waals surface area contributed by atoms with E-state index in [0.29, 0.717) is 12.8 Å². The van der Waals surface area contributed by atoms with E-state index in [9.17, 15) is 22.0 Å². The standard InChI is InChI=1S/C20H16F5N/c1-2-3-4-16(21)13-9-19(24)14(20(25)10-13)6-5-12-7-17(22)15(11-26)18(23)8-12/h4,7-10H,2-3,5-6H2,1H3/b16-4+. The van der Waals surface area contributed by atoms with E-state index in [1.807, 2.05) is 6.92 Å². The summed E-state index contributed by atoms with van der Waals surface area (Å²) in [7, 11) is 0. The van der Waals surface area contributed by atoms with Crippen molar-refractivity contribution in [2.45, 2.75) is 32.6 Å². The van der Waals surface area contributed by atoms with E-state index in [1.165, 1.54) is 12.1 Å². The molecule has 0 atom stereocenters. The molecule has 2 aromatic carbocycles. The van der Waals surface area contributed by atoms with Crippen LogP contribution in [0.1, 0.15) is 42.0 Å². The summed E-state index contributed by atoms with van der Waals surface area (Å²) in [6.07, 6.45) is 2.21. The second-order valence-electron chi connectivity index (χ2n) is 5.81. The topological polar surface area (TPSA) is 23.8 Å². The lowest BCUT2D eigenvalue weighted by Crippen LogP contribution is -2.02. The molecule has 0 spiro atoms. The Kier molecular flexibility index (Phi) is 6.51. The molecule has 0 saturated heterocycles. The van der Waals surface area contributed by atoms with Crippen molar-refractivity contribution in [1.82, 2.24) is 0 Å². The Morgan fingerprint density at radius 1 is 0.962 bits per heavy atom. The number of nitriles is 1. The van der Waals surface area contributed by atoms with E-state index in [4.69, 9.17) is 5.26 Å². The highest BCUT2D eigenvalue weighted by molar-refractivity contribution is 5.59. The third kappa shape index (κ3) is 4.48. The van der Waals surface area contributed by atoms with Gasteiger partial charge in [-0.2, -0.15) is 5.26 Å². The third-order valence-electron chi connectivity index (χ3n) is 3.91. The number of nitrogens with zero attached hydrogens (tertiary/aromatic N) is 1. The minimum Gasteiger partial charge on any atom is -0.207 e. The lowest BCUT2D eigenvalue weighted by molar-refractivity contribution is 0.550. The molecule has 2 aromatic rings. The van der Waals surface area contributed by atoms with Gasteiger partial charge in [0.15, 0.2) is 0 Å². The molecule has 6 heteroatoms. The molecule has 0 saturated carbocycles. The molecule has 26 heavy (non-hydrogen) atoms. The molecule has 0 unspecified atom stereocenters. The fourth-order valence-corrected chi connectivity index (χ4v) is 2.51. The number of aryl methyl sites for hydroxylation is 1. The van der Waals surface area contributed by atoms with Crippen molar-refractivity contribution in [2.24, 2.45) is 0 Å². The number of allylic oxidation sites excluding steroid dienone is 1. The first kappa shape index (κ1) is 19.6. The van der Waals surface area contributed by atoms with Crippen LogP contribution in [0.4, 0.5) is 22.0 Å². The molecule has 1 nitrogen and oxygen atoms in total. The Balaban J connectivity index is 2.22. The maximum absolute atomic E-state index is 14.1. The maximum atomic E-state index is 14.1. The summed E-state index contributed by atoms with van der Waals surface area (Å²) < 4.78 is 69.3. The lowest BCUT2D eigenvalue weighted by atomic mass is 10.00. The zero-order valence-corrected chi connectivity index (χ0v) is 14.1. The van der Waals surface area contributed by atoms with Crippen LogP contribution in [0.25, 0.3) is 5.83 Å². The van der Waals surface area contributed by atoms with Crippen molar-refractivity contribution < 1.29 is 22.0 Å². The van der Waals surface area contributed by atoms with Crippen LogP contribution in [0.3, 0.4) is 0 Å². The first-order chi connectivity index (χ1) is 12.4. The number of rotatable bonds is 6. The minimum absolute atomic E-state index is 0.0408. The molecule has 0 fully saturated rings. The largest absolute Gasteiger partial charge is 0.207 e. The molecular formula is C20H16F5N. The maximum Gasteiger partial charge on any atom is 0.144 e. The van der Waals surface area contributed by atoms with Gasteiger partial charge in [-0.3, -0.25) is 0 Å². The normalized spacial score (nSPS) is 11.5. The minimum atomic E-state index is -1.03. The second-order valence-corrected chi connectivity index (χ2v) is 5.81. The average Bonchev–Trinajstić information content (AvgIpc) is 2.58. The zero-order valence-electron chi connectivity index (χ0n) is 14.1. The van der Waals surface area contributed by atoms with E-state index in [0.717, 1.165) is 24.3 Å². The van der Waals surface area contributed by atoms with Crippen LogP contribution in [0.5, 0.6) is 0 Å². The van der Waals surface area contributed by atoms with Gasteiger partial charge in [-0.25, -0.2) is 22.0 Å². The van der Waals surface area contributed by atoms with Crippen molar-refractivity contribution in [3.8, 4) is 6.07 Å². The summed E-state index contributed by atoms with van der Waals surface area (Å²) in [6.45, 7) is 1.85. The second kappa shape index (κ2) is 8.61. The smallest absolute Gasteiger partial charge is 0.144 e. The van der Waals surface area contributed by atoms with E-state index >= 15 is 0 Å². The molecule has 2 rings (SSSR count). The molecule has 0 N–H and O–H groups in total. The van der Waals surface area contributed by atoms with E-state index < -0.39 is 34.7 Å². The van der Waals surface area contributed by atoms with E-state index in [-0.39, 0.29) is 29.5 Å². The quantitative estimate of drug-likeness (QED) is 0.575. The van der Waals surface area contributed by atoms with Crippen LogP contribution in [-0.4, -0.2) is 0 Å². The first-order valence-corrected chi connectivity index (χ1v) is 8.09. The molecule has 0 heterocycles. The Hall–Kier alpha value is -2.68. The van der Waals surface area contributed by atoms with Gasteiger partial charge in [0.2, 0.25) is 0 Å². The summed E-state index contributed by atoms with van der Waals surface area (Å²) in [6, 6.07) is 5.12. The van der Waals surface area contributed by atoms with Crippen LogP contribution in [-0.2, 0) is 12.8 Å². The van der Waals surface area contributed by atoms with Gasteiger partial charge in [0.05, 0.1) is 0 Å². The number of hydrogen-bond donors (Lipinski definition) is 0. The number of hydrogen-bond acceptors (Lipinski definition) is 1. The molecule has 0 aliphatic heterocycles. The summed E-state index contributed by atoms with van der Waals surface area (Å²) in [5, 5.41) is 8.63. The highest BCUT2D eigenvalue weighted by Gasteiger charge is 2.15. The van der Waals surface area contributed by atoms with Crippen molar-refractivity contribution in [3.05, 3.63) is 75.9 Å². The number of halogens is 5. The summed E-state index contributed by atoms with van der Waals surface area (Å²) in [5.41, 5.74) is -1.02. The predicted molar refractivity (Wildman–Crippen MR) is 88.8 cm³/mol. The van der Waals surface area contributed by atoms with Crippen molar-refractivity contribution in [2.75, 3.05) is 0 Å². The molecule has 0 aliphatic carbocycles. The summed E-state index contributed by atoms with van der Waals surface area (Å²) in [4.78, 5) is 0. The summed E-state index contributed by atoms with van der Waals surface area (Å²) >= 11 is 0. The van der Waals surface area contributed by atoms with Crippen molar-refractivity contribution >= 4 is 5.83 Å². The highest BCUT2D eigenvalue weighted by atomic mass is 19.1. The van der Waals surface area contributed by atoms with Crippen LogP contribution in [0.15, 0.2) is 30.3 Å². The van der Waals surface area contributed by atoms with Crippen molar-refractivity contribution in [1.29, 1.82) is 5.26 Å². The molecule has 0 aromatic heterocycles. The third-order valence-corrected chi connectivity index (χ3v) is 3.91. The Labute approximate surface area is 148 Å². The molecule has 0 aliphatic rings. The van der Waals surface area contributed by atoms with Gasteiger partial charge >= 0.3 is 0 Å². The van der Waals surface area contributed by atoms with Gasteiger partial charge in [-0.05, 0) is 55.2 Å². The summed E-state index contributed by atoms with van der Waals surface area (Å²) in [5.74, 6) is -4.60. The molecule has 0 bridgehead atoms. The monoisotopic (exact) mass is 365 g/mol. The van der Waals surface area contributed by atoms with Crippen LogP contribution < -0.4 is 0 Å². The number of unbranched alkanes of at least 4 members (excludes halogenated alkanes) is 1. The van der Waals surface area contributed by atoms with Crippen LogP contribution in [0, 0.1) is 34.6 Å². The van der Waals surface area contributed by atoms with E-state index in [1.54, 1.807) is 0 Å².